The number of fused-ring (bicyclic) bond motifs is 10. The summed E-state index contributed by atoms with van der Waals surface area (Å²) < 4.78 is 34.2. The van der Waals surface area contributed by atoms with Crippen LogP contribution in [-0.4, -0.2) is 181 Å². The fourth-order valence-corrected chi connectivity index (χ4v) is 12.7. The number of likely N-dealkylation sites (N-methyl/N-ethyl adjacent to an activating group) is 1. The molecular weight excluding hydrogens is 1260 g/mol. The lowest BCUT2D eigenvalue weighted by atomic mass is 9.95. The highest BCUT2D eigenvalue weighted by atomic mass is 19.1. The first-order valence-electron chi connectivity index (χ1n) is 34.2. The lowest BCUT2D eigenvalue weighted by Crippen LogP contribution is -2.61. The highest BCUT2D eigenvalue weighted by Gasteiger charge is 2.47. The molecule has 0 radical (unpaired) electrons. The molecule has 0 aliphatic carbocycles. The van der Waals surface area contributed by atoms with Gasteiger partial charge in [0, 0.05) is 103 Å². The molecule has 6 bridgehead atoms. The summed E-state index contributed by atoms with van der Waals surface area (Å²) in [5.74, 6) is -4.21. The van der Waals surface area contributed by atoms with Crippen molar-refractivity contribution in [2.45, 2.75) is 173 Å². The van der Waals surface area contributed by atoms with Gasteiger partial charge in [-0.2, -0.15) is 0 Å². The van der Waals surface area contributed by atoms with Crippen LogP contribution in [0.2, 0.25) is 0 Å². The summed E-state index contributed by atoms with van der Waals surface area (Å²) in [4.78, 5) is 142. The highest BCUT2D eigenvalue weighted by molar-refractivity contribution is 5.97. The van der Waals surface area contributed by atoms with E-state index in [0.717, 1.165) is 47.0 Å². The topological polar surface area (TPSA) is 297 Å². The number of halogens is 1. The van der Waals surface area contributed by atoms with Gasteiger partial charge in [-0.1, -0.05) is 80.4 Å². The van der Waals surface area contributed by atoms with Crippen LogP contribution in [0.5, 0.6) is 5.75 Å². The van der Waals surface area contributed by atoms with Crippen LogP contribution in [0.25, 0.3) is 10.9 Å². The Morgan fingerprint density at radius 1 is 0.745 bits per heavy atom. The number of benzene rings is 4. The summed E-state index contributed by atoms with van der Waals surface area (Å²) in [5, 5.41) is 20.3. The summed E-state index contributed by atoms with van der Waals surface area (Å²) >= 11 is 0. The molecular formula is C73H96FN11O13. The fourth-order valence-electron chi connectivity index (χ4n) is 12.7. The average Bonchev–Trinajstić information content (AvgIpc) is 1.62. The van der Waals surface area contributed by atoms with Crippen LogP contribution < -0.4 is 42.0 Å². The Balaban J connectivity index is 0.929. The molecule has 0 saturated carbocycles. The summed E-state index contributed by atoms with van der Waals surface area (Å²) in [6.45, 7) is 8.24. The van der Waals surface area contributed by atoms with Gasteiger partial charge in [-0.3, -0.25) is 47.9 Å². The zero-order valence-electron chi connectivity index (χ0n) is 57.3. The SMILES string of the molecule is CC[C@H](NC(C)=O)C(=O)N[C@@H](Cc1ccc(OC)cc1)C(=O)N1CCC[C@@]1(C)C(=O)NCCc1ccc(CN2CCCCCCn3cc(c4cc(F)ccc43)C[C@@H]3NC(=O)[C@H](Cc4cccc(c4)CNC(=O)CO[C@H](C)CCN(C)C3=O)NC(=O)CNC(=O)CCOCCC2=O)cc1. The summed E-state index contributed by atoms with van der Waals surface area (Å²) in [6.07, 6.45) is 6.61. The molecule has 1 saturated heterocycles. The second-order valence-corrected chi connectivity index (χ2v) is 25.9. The zero-order valence-corrected chi connectivity index (χ0v) is 57.3. The molecule has 3 aliphatic rings. The third-order valence-corrected chi connectivity index (χ3v) is 18.4. The molecule has 3 aliphatic heterocycles. The number of rotatable bonds is 14. The number of carbonyl (C=O) groups is 10. The number of amides is 10. The first-order chi connectivity index (χ1) is 47.1. The average molecular weight is 1350 g/mol. The third kappa shape index (κ3) is 21.6. The van der Waals surface area contributed by atoms with E-state index < -0.39 is 83.6 Å². The largest absolute Gasteiger partial charge is 0.497 e. The van der Waals surface area contributed by atoms with Crippen LogP contribution >= 0.6 is 0 Å². The Hall–Kier alpha value is -9.23. The van der Waals surface area contributed by atoms with Crippen molar-refractivity contribution in [2.75, 3.05) is 66.7 Å². The summed E-state index contributed by atoms with van der Waals surface area (Å²) in [7, 11) is 3.16. The van der Waals surface area contributed by atoms with Crippen molar-refractivity contribution < 1.29 is 66.5 Å². The van der Waals surface area contributed by atoms with E-state index in [2.05, 4.69) is 37.2 Å². The minimum absolute atomic E-state index is 0.0207. The Morgan fingerprint density at radius 3 is 2.20 bits per heavy atom. The molecule has 4 aromatic carbocycles. The van der Waals surface area contributed by atoms with E-state index in [1.807, 2.05) is 53.2 Å². The molecule has 7 N–H and O–H groups in total. The van der Waals surface area contributed by atoms with E-state index in [-0.39, 0.29) is 95.2 Å². The van der Waals surface area contributed by atoms with Crippen molar-refractivity contribution in [1.82, 2.24) is 56.5 Å². The minimum Gasteiger partial charge on any atom is -0.497 e. The second-order valence-electron chi connectivity index (χ2n) is 25.9. The monoisotopic (exact) mass is 1350 g/mol. The van der Waals surface area contributed by atoms with Crippen LogP contribution in [0.1, 0.15) is 125 Å². The maximum Gasteiger partial charge on any atom is 0.246 e. The molecule has 24 nitrogen and oxygen atoms in total. The molecule has 6 atom stereocenters. The number of ether oxygens (including phenoxy) is 3. The van der Waals surface area contributed by atoms with E-state index in [1.165, 1.54) is 24.0 Å². The number of aryl methyl sites for hydroxylation is 1. The van der Waals surface area contributed by atoms with Gasteiger partial charge < -0.3 is 70.7 Å². The Morgan fingerprint density at radius 2 is 1.46 bits per heavy atom. The van der Waals surface area contributed by atoms with E-state index in [9.17, 15) is 47.9 Å². The summed E-state index contributed by atoms with van der Waals surface area (Å²) in [5.41, 5.74) is 4.11. The normalized spacial score (nSPS) is 21.1. The van der Waals surface area contributed by atoms with Crippen molar-refractivity contribution >= 4 is 70.0 Å². The molecule has 1 fully saturated rings. The first kappa shape index (κ1) is 74.6. The smallest absolute Gasteiger partial charge is 0.246 e. The number of likely N-dealkylation sites (tertiary alicyclic amines) is 1. The quantitative estimate of drug-likeness (QED) is 0.0800. The third-order valence-electron chi connectivity index (χ3n) is 18.4. The fraction of sp³-hybridized carbons (Fsp3) is 0.507. The van der Waals surface area contributed by atoms with Gasteiger partial charge in [0.15, 0.2) is 0 Å². The Labute approximate surface area is 572 Å². The van der Waals surface area contributed by atoms with E-state index >= 15 is 4.39 Å². The Kier molecular flexibility index (Phi) is 27.7. The van der Waals surface area contributed by atoms with Crippen molar-refractivity contribution in [2.24, 2.45) is 0 Å². The van der Waals surface area contributed by atoms with Crippen molar-refractivity contribution in [3.05, 3.63) is 136 Å². The number of methoxy groups -OCH3 is 1. The number of nitrogens with one attached hydrogen (secondary N) is 7. The first-order valence-corrected chi connectivity index (χ1v) is 34.2. The van der Waals surface area contributed by atoms with Gasteiger partial charge in [0.2, 0.25) is 59.1 Å². The van der Waals surface area contributed by atoms with Gasteiger partial charge >= 0.3 is 0 Å². The van der Waals surface area contributed by atoms with E-state index in [1.54, 1.807) is 81.1 Å². The zero-order chi connectivity index (χ0) is 70.3. The van der Waals surface area contributed by atoms with Gasteiger partial charge in [-0.15, -0.1) is 0 Å². The lowest BCUT2D eigenvalue weighted by Gasteiger charge is -2.36. The maximum atomic E-state index is 15.2. The maximum absolute atomic E-state index is 15.2. The highest BCUT2D eigenvalue weighted by Crippen LogP contribution is 2.31. The van der Waals surface area contributed by atoms with E-state index in [0.29, 0.717) is 87.0 Å². The van der Waals surface area contributed by atoms with Crippen LogP contribution in [0.4, 0.5) is 4.39 Å². The number of hydrogen-bond acceptors (Lipinski definition) is 13. The molecule has 5 aromatic rings. The van der Waals surface area contributed by atoms with Gasteiger partial charge in [0.05, 0.1) is 39.4 Å². The number of hydrogen-bond donors (Lipinski definition) is 7. The molecule has 25 heteroatoms. The van der Waals surface area contributed by atoms with Crippen LogP contribution in [0.3, 0.4) is 0 Å². The molecule has 98 heavy (non-hydrogen) atoms. The molecule has 0 spiro atoms. The molecule has 8 rings (SSSR count). The standard InChI is InChI=1S/C73H96FN11O13/c1-7-59(78-49(3)86)68(91)80-61(39-51-20-23-57(96-6)24-21-51)71(94)85-34-13-30-73(85,4)72(95)75-31-26-50-16-18-52(19-17-50)45-84-33-11-9-8-10-32-83-46-55(58-42-56(74)22-25-63(58)83)41-62-70(93)82(5)35-27-48(2)98-47-66(89)76-43-54-15-12-14-53(38-54)40-60(69(92)81-62)79-65(88)44-77-64(87)28-36-97-37-29-67(84)90/h12,14-25,38,42,46,48,59-62H,7-11,13,26-37,39-41,43-45,47H2,1-6H3,(H,75,95)(H,76,89)(H,77,87)(H,78,86)(H,79,88)(H,80,91)(H,81,92)/t48-,59+,60+,61+,62+,73+/m1/s1. The molecule has 1 aromatic heterocycles. The van der Waals surface area contributed by atoms with Gasteiger partial charge in [-0.05, 0) is 123 Å². The molecule has 0 unspecified atom stereocenters. The van der Waals surface area contributed by atoms with Crippen molar-refractivity contribution in [3.8, 4) is 5.75 Å². The predicted octanol–water partition coefficient (Wildman–Crippen LogP) is 4.63. The lowest BCUT2D eigenvalue weighted by molar-refractivity contribution is -0.146. The minimum atomic E-state index is -1.23. The Bertz CT molecular complexity index is 3600. The van der Waals surface area contributed by atoms with Crippen molar-refractivity contribution in [3.63, 3.8) is 0 Å². The predicted molar refractivity (Wildman–Crippen MR) is 365 cm³/mol. The van der Waals surface area contributed by atoms with Gasteiger partial charge in [0.1, 0.15) is 47.9 Å². The molecule has 10 amide bonds. The van der Waals surface area contributed by atoms with E-state index in [4.69, 9.17) is 14.2 Å². The number of carbonyl (C=O) groups excluding carboxylic acids is 10. The molecule has 4 heterocycles. The second kappa shape index (κ2) is 36.4. The van der Waals surface area contributed by atoms with Crippen LogP contribution in [-0.2, 0) is 103 Å². The van der Waals surface area contributed by atoms with Gasteiger partial charge in [0.25, 0.3) is 0 Å². The van der Waals surface area contributed by atoms with Gasteiger partial charge in [-0.25, -0.2) is 4.39 Å². The molecule has 528 valence electrons. The van der Waals surface area contributed by atoms with Crippen LogP contribution in [0.15, 0.2) is 97.2 Å². The number of aromatic nitrogens is 1. The van der Waals surface area contributed by atoms with Crippen LogP contribution in [0, 0.1) is 5.82 Å². The summed E-state index contributed by atoms with van der Waals surface area (Å²) in [6, 6.07) is 22.3. The number of nitrogens with zero attached hydrogens (tertiary/aromatic N) is 4. The van der Waals surface area contributed by atoms with Crippen molar-refractivity contribution in [1.29, 1.82) is 0 Å².